The van der Waals surface area contributed by atoms with E-state index in [0.29, 0.717) is 25.3 Å². The Morgan fingerprint density at radius 3 is 2.55 bits per heavy atom. The van der Waals surface area contributed by atoms with Crippen molar-refractivity contribution in [2.75, 3.05) is 6.54 Å². The normalized spacial score (nSPS) is 20.2. The van der Waals surface area contributed by atoms with E-state index >= 15 is 0 Å². The van der Waals surface area contributed by atoms with Crippen molar-refractivity contribution < 1.29 is 9.90 Å². The van der Waals surface area contributed by atoms with Gasteiger partial charge in [-0.3, -0.25) is 9.59 Å². The van der Waals surface area contributed by atoms with Crippen LogP contribution in [0.4, 0.5) is 0 Å². The Kier molecular flexibility index (Phi) is 5.99. The number of carbonyl (C=O) groups excluding carboxylic acids is 1. The molecule has 7 heteroatoms. The third kappa shape index (κ3) is 3.81. The van der Waals surface area contributed by atoms with E-state index in [1.165, 1.54) is 11.1 Å². The highest BCUT2D eigenvalue weighted by Gasteiger charge is 2.40. The average Bonchev–Trinajstić information content (AvgIpc) is 3.21. The highest BCUT2D eigenvalue weighted by molar-refractivity contribution is 9.10. The molecule has 2 heterocycles. The standard InChI is InChI=1S/C24H30BrN3O3/c1-4-16-10-17(12-18(25)11-16)24(8-6-7-9-24)13-19-26-22(30)21(29)20-23(31)27(5-2)15(3)14-28(19)20/h10-12,15,29H,4-9,13-14H2,1-3H3. The van der Waals surface area contributed by atoms with E-state index in [4.69, 9.17) is 0 Å². The van der Waals surface area contributed by atoms with E-state index in [0.717, 1.165) is 36.6 Å². The van der Waals surface area contributed by atoms with Gasteiger partial charge in [0.15, 0.2) is 5.69 Å². The number of aromatic nitrogens is 2. The first kappa shape index (κ1) is 22.1. The molecule has 1 aromatic heterocycles. The quantitative estimate of drug-likeness (QED) is 0.685. The second-order valence-corrected chi connectivity index (χ2v) is 9.86. The Morgan fingerprint density at radius 2 is 1.90 bits per heavy atom. The van der Waals surface area contributed by atoms with Gasteiger partial charge in [-0.15, -0.1) is 0 Å². The molecule has 1 saturated carbocycles. The van der Waals surface area contributed by atoms with Crippen LogP contribution in [0.5, 0.6) is 5.75 Å². The minimum absolute atomic E-state index is 0.0236. The number of halogens is 1. The summed E-state index contributed by atoms with van der Waals surface area (Å²) in [7, 11) is 0. The third-order valence-corrected chi connectivity index (χ3v) is 7.52. The number of benzene rings is 1. The summed E-state index contributed by atoms with van der Waals surface area (Å²) in [5.74, 6) is -0.223. The molecule has 4 rings (SSSR count). The smallest absolute Gasteiger partial charge is 0.315 e. The van der Waals surface area contributed by atoms with Gasteiger partial charge in [0.25, 0.3) is 5.91 Å². The van der Waals surface area contributed by atoms with Gasteiger partial charge in [-0.25, -0.2) is 0 Å². The summed E-state index contributed by atoms with van der Waals surface area (Å²) in [5.41, 5.74) is 1.79. The van der Waals surface area contributed by atoms with Crippen molar-refractivity contribution in [2.45, 2.75) is 77.3 Å². The summed E-state index contributed by atoms with van der Waals surface area (Å²) in [5, 5.41) is 10.4. The number of hydrogen-bond acceptors (Lipinski definition) is 4. The van der Waals surface area contributed by atoms with Crippen molar-refractivity contribution in [1.82, 2.24) is 14.5 Å². The Hall–Kier alpha value is -2.15. The van der Waals surface area contributed by atoms with Gasteiger partial charge in [-0.1, -0.05) is 41.8 Å². The molecule has 0 saturated heterocycles. The fraction of sp³-hybridized carbons (Fsp3) is 0.542. The number of hydrogen-bond donors (Lipinski definition) is 1. The van der Waals surface area contributed by atoms with Gasteiger partial charge < -0.3 is 14.6 Å². The van der Waals surface area contributed by atoms with Crippen molar-refractivity contribution in [1.29, 1.82) is 0 Å². The Balaban J connectivity index is 1.84. The molecule has 2 aliphatic rings. The van der Waals surface area contributed by atoms with Gasteiger partial charge in [-0.05, 0) is 56.4 Å². The molecule has 1 aliphatic carbocycles. The van der Waals surface area contributed by atoms with Gasteiger partial charge in [0.1, 0.15) is 5.82 Å². The van der Waals surface area contributed by atoms with Crippen LogP contribution >= 0.6 is 15.9 Å². The zero-order valence-corrected chi connectivity index (χ0v) is 20.0. The van der Waals surface area contributed by atoms with Crippen LogP contribution in [0.15, 0.2) is 27.5 Å². The first-order chi connectivity index (χ1) is 14.8. The van der Waals surface area contributed by atoms with E-state index in [1.54, 1.807) is 9.47 Å². The molecular weight excluding hydrogens is 458 g/mol. The van der Waals surface area contributed by atoms with Gasteiger partial charge in [0.2, 0.25) is 5.75 Å². The monoisotopic (exact) mass is 487 g/mol. The molecule has 1 unspecified atom stereocenters. The number of rotatable bonds is 5. The molecule has 31 heavy (non-hydrogen) atoms. The van der Waals surface area contributed by atoms with Crippen molar-refractivity contribution in [3.8, 4) is 5.75 Å². The molecule has 0 bridgehead atoms. The molecule has 0 radical (unpaired) electrons. The molecule has 166 valence electrons. The molecule has 6 nitrogen and oxygen atoms in total. The first-order valence-corrected chi connectivity index (χ1v) is 12.0. The lowest BCUT2D eigenvalue weighted by Gasteiger charge is -2.37. The predicted molar refractivity (Wildman–Crippen MR) is 124 cm³/mol. The molecule has 1 amide bonds. The second kappa shape index (κ2) is 8.41. The van der Waals surface area contributed by atoms with Gasteiger partial charge >= 0.3 is 5.56 Å². The highest BCUT2D eigenvalue weighted by Crippen LogP contribution is 2.45. The maximum Gasteiger partial charge on any atom is 0.315 e. The van der Waals surface area contributed by atoms with Gasteiger partial charge in [0, 0.05) is 35.4 Å². The van der Waals surface area contributed by atoms with Crippen LogP contribution < -0.4 is 5.56 Å². The number of carbonyl (C=O) groups is 1. The number of aryl methyl sites for hydroxylation is 1. The molecule has 1 atom stereocenters. The maximum atomic E-state index is 13.1. The molecule has 0 spiro atoms. The largest absolute Gasteiger partial charge is 0.501 e. The number of amides is 1. The molecule has 1 fully saturated rings. The Bertz CT molecular complexity index is 1070. The summed E-state index contributed by atoms with van der Waals surface area (Å²) in [6.45, 7) is 7.12. The summed E-state index contributed by atoms with van der Waals surface area (Å²) in [4.78, 5) is 31.6. The summed E-state index contributed by atoms with van der Waals surface area (Å²) >= 11 is 3.67. The third-order valence-electron chi connectivity index (χ3n) is 7.06. The molecule has 1 aromatic carbocycles. The average molecular weight is 488 g/mol. The fourth-order valence-electron chi connectivity index (χ4n) is 5.37. The summed E-state index contributed by atoms with van der Waals surface area (Å²) in [6.07, 6.45) is 5.83. The lowest BCUT2D eigenvalue weighted by molar-refractivity contribution is 0.0613. The van der Waals surface area contributed by atoms with Gasteiger partial charge in [0.05, 0.1) is 0 Å². The Labute approximate surface area is 191 Å². The van der Waals surface area contributed by atoms with Gasteiger partial charge in [-0.2, -0.15) is 4.98 Å². The molecule has 1 N–H and O–H groups in total. The van der Waals surface area contributed by atoms with Crippen LogP contribution in [0.1, 0.15) is 73.9 Å². The van der Waals surface area contributed by atoms with E-state index in [-0.39, 0.29) is 23.1 Å². The SMILES string of the molecule is CCc1cc(Br)cc(C2(Cc3nc(=O)c(O)c4n3CC(C)N(CC)C4=O)CCCC2)c1. The van der Waals surface area contributed by atoms with E-state index in [1.807, 2.05) is 13.8 Å². The second-order valence-electron chi connectivity index (χ2n) is 8.95. The lowest BCUT2D eigenvalue weighted by atomic mass is 9.75. The Morgan fingerprint density at radius 1 is 1.19 bits per heavy atom. The van der Waals surface area contributed by atoms with E-state index in [2.05, 4.69) is 46.0 Å². The molecule has 2 aromatic rings. The van der Waals surface area contributed by atoms with E-state index in [9.17, 15) is 14.7 Å². The lowest BCUT2D eigenvalue weighted by Crippen LogP contribution is -2.48. The summed E-state index contributed by atoms with van der Waals surface area (Å²) in [6, 6.07) is 6.59. The minimum Gasteiger partial charge on any atom is -0.501 e. The van der Waals surface area contributed by atoms with Crippen LogP contribution in [-0.4, -0.2) is 38.1 Å². The first-order valence-electron chi connectivity index (χ1n) is 11.2. The van der Waals surface area contributed by atoms with Crippen LogP contribution in [0.3, 0.4) is 0 Å². The van der Waals surface area contributed by atoms with Crippen LogP contribution in [0, 0.1) is 0 Å². The number of likely N-dealkylation sites (N-methyl/N-ethyl adjacent to an activating group) is 1. The van der Waals surface area contributed by atoms with Crippen molar-refractivity contribution in [3.63, 3.8) is 0 Å². The van der Waals surface area contributed by atoms with Crippen molar-refractivity contribution >= 4 is 21.8 Å². The summed E-state index contributed by atoms with van der Waals surface area (Å²) < 4.78 is 2.86. The molecule has 1 aliphatic heterocycles. The highest BCUT2D eigenvalue weighted by atomic mass is 79.9. The number of aromatic hydroxyl groups is 1. The molecular formula is C24H30BrN3O3. The minimum atomic E-state index is -0.711. The van der Waals surface area contributed by atoms with Crippen molar-refractivity contribution in [2.24, 2.45) is 0 Å². The van der Waals surface area contributed by atoms with Crippen LogP contribution in [0.2, 0.25) is 0 Å². The fourth-order valence-corrected chi connectivity index (χ4v) is 5.91. The van der Waals surface area contributed by atoms with Crippen molar-refractivity contribution in [3.05, 3.63) is 55.7 Å². The topological polar surface area (TPSA) is 75.4 Å². The maximum absolute atomic E-state index is 13.1. The van der Waals surface area contributed by atoms with E-state index < -0.39 is 11.3 Å². The zero-order valence-electron chi connectivity index (χ0n) is 18.4. The predicted octanol–water partition coefficient (Wildman–Crippen LogP) is 4.19. The number of nitrogens with zero attached hydrogens (tertiary/aromatic N) is 3. The zero-order chi connectivity index (χ0) is 22.3. The van der Waals surface area contributed by atoms with Crippen LogP contribution in [-0.2, 0) is 24.8 Å². The number of fused-ring (bicyclic) bond motifs is 1. The van der Waals surface area contributed by atoms with Crippen LogP contribution in [0.25, 0.3) is 0 Å².